The summed E-state index contributed by atoms with van der Waals surface area (Å²) in [5, 5.41) is 4.29. The van der Waals surface area contributed by atoms with Crippen LogP contribution in [0.4, 0.5) is 0 Å². The van der Waals surface area contributed by atoms with E-state index in [0.717, 1.165) is 60.7 Å². The van der Waals surface area contributed by atoms with Crippen LogP contribution < -0.4 is 0 Å². The third-order valence-electron chi connectivity index (χ3n) is 9.44. The molecule has 0 unspecified atom stereocenters. The average molecular weight is 641 g/mol. The molecule has 3 heterocycles. The summed E-state index contributed by atoms with van der Waals surface area (Å²) in [5.41, 5.74) is 10.1. The number of aromatic nitrogens is 4. The van der Waals surface area contributed by atoms with E-state index in [9.17, 15) is 0 Å². The molecule has 0 N–H and O–H groups in total. The van der Waals surface area contributed by atoms with Crippen LogP contribution in [0, 0.1) is 0 Å². The Morgan fingerprint density at radius 1 is 0.380 bits per heavy atom. The Morgan fingerprint density at radius 2 is 0.980 bits per heavy atom. The highest BCUT2D eigenvalue weighted by molar-refractivity contribution is 6.19. The van der Waals surface area contributed by atoms with E-state index in [1.54, 1.807) is 0 Å². The van der Waals surface area contributed by atoms with Crippen LogP contribution in [-0.4, -0.2) is 19.5 Å². The molecule has 0 saturated carbocycles. The summed E-state index contributed by atoms with van der Waals surface area (Å²) < 4.78 is 8.98. The molecule has 0 fully saturated rings. The summed E-state index contributed by atoms with van der Waals surface area (Å²) in [6.45, 7) is 0. The van der Waals surface area contributed by atoms with Crippen molar-refractivity contribution in [3.05, 3.63) is 170 Å². The smallest absolute Gasteiger partial charge is 0.164 e. The molecule has 50 heavy (non-hydrogen) atoms. The van der Waals surface area contributed by atoms with Crippen LogP contribution in [0.1, 0.15) is 0 Å². The molecule has 0 bridgehead atoms. The van der Waals surface area contributed by atoms with Gasteiger partial charge in [-0.2, -0.15) is 0 Å². The molecule has 0 saturated heterocycles. The standard InChI is InChI=1S/C45H28N4O/c1-4-14-29(15-5-1)32-20-12-21-33(26-32)49-38-24-11-10-22-34(38)36-28-41-37(27-39(36)49)42-35(23-13-25-40(42)50-41)45-47-43(30-16-6-2-7-17-30)46-44(48-45)31-18-8-3-9-19-31/h1-28H. The van der Waals surface area contributed by atoms with Gasteiger partial charge in [0, 0.05) is 43.9 Å². The topological polar surface area (TPSA) is 56.7 Å². The van der Waals surface area contributed by atoms with E-state index >= 15 is 0 Å². The maximum atomic E-state index is 6.61. The lowest BCUT2D eigenvalue weighted by Crippen LogP contribution is -2.00. The molecule has 0 aliphatic rings. The Morgan fingerprint density at radius 3 is 1.70 bits per heavy atom. The van der Waals surface area contributed by atoms with Crippen molar-refractivity contribution in [3.63, 3.8) is 0 Å². The zero-order valence-corrected chi connectivity index (χ0v) is 26.9. The molecule has 0 aliphatic carbocycles. The van der Waals surface area contributed by atoms with E-state index in [4.69, 9.17) is 19.4 Å². The number of para-hydroxylation sites is 1. The molecule has 0 atom stereocenters. The van der Waals surface area contributed by atoms with Crippen molar-refractivity contribution < 1.29 is 4.42 Å². The molecule has 5 heteroatoms. The minimum Gasteiger partial charge on any atom is -0.456 e. The molecule has 10 aromatic rings. The molecule has 0 aliphatic heterocycles. The molecule has 3 aromatic heterocycles. The third-order valence-corrected chi connectivity index (χ3v) is 9.44. The van der Waals surface area contributed by atoms with E-state index in [2.05, 4.69) is 102 Å². The van der Waals surface area contributed by atoms with Gasteiger partial charge >= 0.3 is 0 Å². The third kappa shape index (κ3) is 4.60. The minimum absolute atomic E-state index is 0.599. The van der Waals surface area contributed by atoms with Gasteiger partial charge in [-0.05, 0) is 47.5 Å². The van der Waals surface area contributed by atoms with Crippen LogP contribution in [0.3, 0.4) is 0 Å². The second kappa shape index (κ2) is 11.4. The van der Waals surface area contributed by atoms with Crippen LogP contribution in [0.25, 0.3) is 94.7 Å². The molecule has 10 rings (SSSR count). The second-order valence-corrected chi connectivity index (χ2v) is 12.5. The molecule has 234 valence electrons. The monoisotopic (exact) mass is 640 g/mol. The second-order valence-electron chi connectivity index (χ2n) is 12.5. The van der Waals surface area contributed by atoms with Gasteiger partial charge in [-0.1, -0.05) is 133 Å². The zero-order valence-electron chi connectivity index (χ0n) is 26.9. The fourth-order valence-electron chi connectivity index (χ4n) is 7.14. The van der Waals surface area contributed by atoms with Gasteiger partial charge < -0.3 is 8.98 Å². The molecule has 0 radical (unpaired) electrons. The quantitative estimate of drug-likeness (QED) is 0.188. The van der Waals surface area contributed by atoms with Crippen LogP contribution in [0.5, 0.6) is 0 Å². The number of hydrogen-bond donors (Lipinski definition) is 0. The summed E-state index contributed by atoms with van der Waals surface area (Å²) in [5.74, 6) is 1.85. The van der Waals surface area contributed by atoms with Crippen molar-refractivity contribution in [1.82, 2.24) is 19.5 Å². The van der Waals surface area contributed by atoms with Gasteiger partial charge in [0.15, 0.2) is 17.5 Å². The number of hydrogen-bond acceptors (Lipinski definition) is 4. The van der Waals surface area contributed by atoms with Crippen molar-refractivity contribution in [1.29, 1.82) is 0 Å². The molecule has 0 spiro atoms. The number of nitrogens with zero attached hydrogens (tertiary/aromatic N) is 4. The van der Waals surface area contributed by atoms with Crippen LogP contribution in [0.15, 0.2) is 174 Å². The van der Waals surface area contributed by atoms with Gasteiger partial charge in [-0.25, -0.2) is 15.0 Å². The first-order valence-electron chi connectivity index (χ1n) is 16.7. The molecular formula is C45H28N4O. The highest BCUT2D eigenvalue weighted by atomic mass is 16.3. The Hall–Kier alpha value is -6.85. The van der Waals surface area contributed by atoms with Crippen molar-refractivity contribution in [2.45, 2.75) is 0 Å². The van der Waals surface area contributed by atoms with E-state index < -0.39 is 0 Å². The van der Waals surface area contributed by atoms with E-state index in [-0.39, 0.29) is 0 Å². The van der Waals surface area contributed by atoms with Crippen LogP contribution in [-0.2, 0) is 0 Å². The first-order chi connectivity index (χ1) is 24.8. The van der Waals surface area contributed by atoms with Gasteiger partial charge in [0.25, 0.3) is 0 Å². The van der Waals surface area contributed by atoms with Gasteiger partial charge in [0.1, 0.15) is 11.2 Å². The lowest BCUT2D eigenvalue weighted by Gasteiger charge is -2.11. The van der Waals surface area contributed by atoms with Crippen LogP contribution in [0.2, 0.25) is 0 Å². The lowest BCUT2D eigenvalue weighted by molar-refractivity contribution is 0.669. The minimum atomic E-state index is 0.599. The summed E-state index contributed by atoms with van der Waals surface area (Å²) in [4.78, 5) is 15.1. The van der Waals surface area contributed by atoms with Crippen molar-refractivity contribution in [3.8, 4) is 51.0 Å². The Balaban J connectivity index is 1.24. The number of furan rings is 1. The van der Waals surface area contributed by atoms with Crippen LogP contribution >= 0.6 is 0 Å². The Bertz CT molecular complexity index is 2800. The van der Waals surface area contributed by atoms with Gasteiger partial charge in [0.05, 0.1) is 11.0 Å². The maximum Gasteiger partial charge on any atom is 0.164 e. The lowest BCUT2D eigenvalue weighted by atomic mass is 10.0. The fourth-order valence-corrected chi connectivity index (χ4v) is 7.14. The number of rotatable bonds is 5. The first kappa shape index (κ1) is 28.2. The summed E-state index contributed by atoms with van der Waals surface area (Å²) in [6, 6.07) is 58.6. The van der Waals surface area contributed by atoms with Gasteiger partial charge in [-0.15, -0.1) is 0 Å². The molecular weight excluding hydrogens is 613 g/mol. The van der Waals surface area contributed by atoms with Gasteiger partial charge in [-0.3, -0.25) is 0 Å². The normalized spacial score (nSPS) is 11.6. The predicted molar refractivity (Wildman–Crippen MR) is 203 cm³/mol. The molecule has 5 nitrogen and oxygen atoms in total. The highest BCUT2D eigenvalue weighted by Gasteiger charge is 2.21. The fraction of sp³-hybridized carbons (Fsp3) is 0. The summed E-state index contributed by atoms with van der Waals surface area (Å²) in [6.07, 6.45) is 0. The maximum absolute atomic E-state index is 6.61. The van der Waals surface area contributed by atoms with Crippen molar-refractivity contribution in [2.75, 3.05) is 0 Å². The van der Waals surface area contributed by atoms with E-state index in [1.165, 1.54) is 16.5 Å². The average Bonchev–Trinajstić information content (AvgIpc) is 3.72. The van der Waals surface area contributed by atoms with E-state index in [0.29, 0.717) is 17.5 Å². The molecule has 0 amide bonds. The van der Waals surface area contributed by atoms with Crippen molar-refractivity contribution >= 4 is 43.7 Å². The SMILES string of the molecule is c1ccc(-c2cccc(-n3c4ccccc4c4cc5oc6cccc(-c7nc(-c8ccccc8)nc(-c8ccccc8)n7)c6c5cc43)c2)cc1. The summed E-state index contributed by atoms with van der Waals surface area (Å²) >= 11 is 0. The van der Waals surface area contributed by atoms with Gasteiger partial charge in [0.2, 0.25) is 0 Å². The van der Waals surface area contributed by atoms with E-state index in [1.807, 2.05) is 72.8 Å². The molecule has 7 aromatic carbocycles. The number of fused-ring (bicyclic) bond motifs is 6. The van der Waals surface area contributed by atoms with Crippen molar-refractivity contribution in [2.24, 2.45) is 0 Å². The largest absolute Gasteiger partial charge is 0.456 e. The zero-order chi connectivity index (χ0) is 33.0. The summed E-state index contributed by atoms with van der Waals surface area (Å²) in [7, 11) is 0. The predicted octanol–water partition coefficient (Wildman–Crippen LogP) is 11.5. The Kier molecular flexibility index (Phi) is 6.42. The Labute approximate surface area is 287 Å². The first-order valence-corrected chi connectivity index (χ1v) is 16.7. The highest BCUT2D eigenvalue weighted by Crippen LogP contribution is 2.41. The number of benzene rings is 7.